The first kappa shape index (κ1) is 18.4. The Bertz CT molecular complexity index is 779. The van der Waals surface area contributed by atoms with Crippen molar-refractivity contribution < 1.29 is 28.2 Å². The summed E-state index contributed by atoms with van der Waals surface area (Å²) in [5.74, 6) is -3.43. The molecule has 0 aliphatic carbocycles. The second-order valence-electron chi connectivity index (χ2n) is 5.38. The molecule has 1 atom stereocenters. The Labute approximate surface area is 143 Å². The van der Waals surface area contributed by atoms with Crippen LogP contribution in [0.2, 0.25) is 0 Å². The Hall–Kier alpha value is -2.96. The van der Waals surface area contributed by atoms with Gasteiger partial charge in [0.05, 0.1) is 5.56 Å². The zero-order valence-electron chi connectivity index (χ0n) is 13.5. The molecule has 0 saturated heterocycles. The molecule has 0 spiro atoms. The predicted molar refractivity (Wildman–Crippen MR) is 86.6 cm³/mol. The molecule has 5 nitrogen and oxygen atoms in total. The maximum absolute atomic E-state index is 13.1. The van der Waals surface area contributed by atoms with Crippen LogP contribution in [-0.4, -0.2) is 29.6 Å². The Kier molecular flexibility index (Phi) is 6.05. The number of rotatable bonds is 7. The lowest BCUT2D eigenvalue weighted by molar-refractivity contribution is -0.127. The molecule has 0 aliphatic rings. The van der Waals surface area contributed by atoms with E-state index in [9.17, 15) is 18.4 Å². The van der Waals surface area contributed by atoms with Crippen molar-refractivity contribution in [3.63, 3.8) is 0 Å². The molecule has 1 amide bonds. The van der Waals surface area contributed by atoms with Crippen molar-refractivity contribution in [1.82, 2.24) is 5.32 Å². The van der Waals surface area contributed by atoms with Gasteiger partial charge in [-0.25, -0.2) is 13.6 Å². The number of ether oxygens (including phenoxy) is 1. The SMILES string of the molecule is C[C@H](Oc1ccc(F)c(F)c1)C(=O)NCCc1cccc(C(=O)O)c1. The summed E-state index contributed by atoms with van der Waals surface area (Å²) in [5.41, 5.74) is 0.952. The van der Waals surface area contributed by atoms with E-state index in [0.717, 1.165) is 17.7 Å². The van der Waals surface area contributed by atoms with Crippen molar-refractivity contribution in [2.45, 2.75) is 19.4 Å². The zero-order chi connectivity index (χ0) is 18.4. The van der Waals surface area contributed by atoms with Crippen molar-refractivity contribution in [1.29, 1.82) is 0 Å². The summed E-state index contributed by atoms with van der Waals surface area (Å²) in [4.78, 5) is 22.9. The van der Waals surface area contributed by atoms with Crippen molar-refractivity contribution in [2.24, 2.45) is 0 Å². The van der Waals surface area contributed by atoms with Crippen LogP contribution in [0.1, 0.15) is 22.8 Å². The molecule has 7 heteroatoms. The quantitative estimate of drug-likeness (QED) is 0.806. The number of hydrogen-bond donors (Lipinski definition) is 2. The van der Waals surface area contributed by atoms with E-state index in [1.165, 1.54) is 25.1 Å². The minimum atomic E-state index is -1.05. The minimum absolute atomic E-state index is 0.0516. The monoisotopic (exact) mass is 349 g/mol. The number of carboxylic acid groups (broad SMARTS) is 1. The van der Waals surface area contributed by atoms with Gasteiger partial charge in [0.25, 0.3) is 5.91 Å². The third-order valence-corrected chi connectivity index (χ3v) is 3.46. The van der Waals surface area contributed by atoms with Gasteiger partial charge < -0.3 is 15.2 Å². The van der Waals surface area contributed by atoms with E-state index in [0.29, 0.717) is 6.42 Å². The van der Waals surface area contributed by atoms with Gasteiger partial charge in [0, 0.05) is 12.6 Å². The smallest absolute Gasteiger partial charge is 0.335 e. The van der Waals surface area contributed by atoms with Gasteiger partial charge in [-0.15, -0.1) is 0 Å². The fraction of sp³-hybridized carbons (Fsp3) is 0.222. The predicted octanol–water partition coefficient (Wildman–Crippen LogP) is 2.79. The molecule has 25 heavy (non-hydrogen) atoms. The fourth-order valence-corrected chi connectivity index (χ4v) is 2.14. The number of carboxylic acids is 1. The third kappa shape index (κ3) is 5.27. The highest BCUT2D eigenvalue weighted by Crippen LogP contribution is 2.16. The second kappa shape index (κ2) is 8.23. The Balaban J connectivity index is 1.84. The van der Waals surface area contributed by atoms with Crippen molar-refractivity contribution in [2.75, 3.05) is 6.54 Å². The Morgan fingerprint density at radius 1 is 1.16 bits per heavy atom. The van der Waals surface area contributed by atoms with E-state index >= 15 is 0 Å². The van der Waals surface area contributed by atoms with E-state index in [2.05, 4.69) is 5.32 Å². The average Bonchev–Trinajstić information content (AvgIpc) is 2.58. The zero-order valence-corrected chi connectivity index (χ0v) is 13.5. The second-order valence-corrected chi connectivity index (χ2v) is 5.38. The van der Waals surface area contributed by atoms with Gasteiger partial charge >= 0.3 is 5.97 Å². The van der Waals surface area contributed by atoms with Gasteiger partial charge in [0.1, 0.15) is 5.75 Å². The van der Waals surface area contributed by atoms with Gasteiger partial charge in [-0.1, -0.05) is 12.1 Å². The number of amides is 1. The average molecular weight is 349 g/mol. The first-order valence-electron chi connectivity index (χ1n) is 7.58. The number of benzene rings is 2. The molecule has 132 valence electrons. The molecule has 0 unspecified atom stereocenters. The van der Waals surface area contributed by atoms with E-state index in [1.807, 2.05) is 0 Å². The Morgan fingerprint density at radius 2 is 1.92 bits per heavy atom. The van der Waals surface area contributed by atoms with Crippen LogP contribution >= 0.6 is 0 Å². The summed E-state index contributed by atoms with van der Waals surface area (Å²) >= 11 is 0. The van der Waals surface area contributed by atoms with Crippen LogP contribution in [0.5, 0.6) is 5.75 Å². The maximum Gasteiger partial charge on any atom is 0.335 e. The largest absolute Gasteiger partial charge is 0.481 e. The van der Waals surface area contributed by atoms with Crippen LogP contribution in [0, 0.1) is 11.6 Å². The third-order valence-electron chi connectivity index (χ3n) is 3.46. The van der Waals surface area contributed by atoms with Crippen LogP contribution in [0.4, 0.5) is 8.78 Å². The molecular weight excluding hydrogens is 332 g/mol. The normalized spacial score (nSPS) is 11.6. The van der Waals surface area contributed by atoms with E-state index in [4.69, 9.17) is 9.84 Å². The summed E-state index contributed by atoms with van der Waals surface area (Å²) in [6.45, 7) is 1.77. The van der Waals surface area contributed by atoms with Crippen LogP contribution in [0.3, 0.4) is 0 Å². The molecule has 2 N–H and O–H groups in total. The summed E-state index contributed by atoms with van der Waals surface area (Å²) in [7, 11) is 0. The molecule has 2 aromatic carbocycles. The number of carbonyl (C=O) groups excluding carboxylic acids is 1. The summed E-state index contributed by atoms with van der Waals surface area (Å²) in [5, 5.41) is 11.6. The van der Waals surface area contributed by atoms with Crippen molar-refractivity contribution in [3.05, 3.63) is 65.2 Å². The molecular formula is C18H17F2NO4. The highest BCUT2D eigenvalue weighted by atomic mass is 19.2. The number of halogens is 2. The fourth-order valence-electron chi connectivity index (χ4n) is 2.14. The summed E-state index contributed by atoms with van der Waals surface area (Å²) in [6, 6.07) is 9.45. The van der Waals surface area contributed by atoms with E-state index in [-0.39, 0.29) is 17.9 Å². The summed E-state index contributed by atoms with van der Waals surface area (Å²) in [6.07, 6.45) is -0.444. The molecule has 2 aromatic rings. The standard InChI is InChI=1S/C18H17F2NO4/c1-11(25-14-5-6-15(19)16(20)10-14)17(22)21-8-7-12-3-2-4-13(9-12)18(23)24/h2-6,9-11H,7-8H2,1H3,(H,21,22)(H,23,24)/t11-/m0/s1. The molecule has 0 radical (unpaired) electrons. The first-order valence-corrected chi connectivity index (χ1v) is 7.58. The number of hydrogen-bond acceptors (Lipinski definition) is 3. The molecule has 0 aliphatic heterocycles. The van der Waals surface area contributed by atoms with Crippen molar-refractivity contribution in [3.8, 4) is 5.75 Å². The summed E-state index contributed by atoms with van der Waals surface area (Å²) < 4.78 is 31.2. The maximum atomic E-state index is 13.1. The Morgan fingerprint density at radius 3 is 2.60 bits per heavy atom. The topological polar surface area (TPSA) is 75.6 Å². The number of carbonyl (C=O) groups is 2. The van der Waals surface area contributed by atoms with Crippen LogP contribution < -0.4 is 10.1 Å². The highest BCUT2D eigenvalue weighted by molar-refractivity contribution is 5.87. The van der Waals surface area contributed by atoms with Gasteiger partial charge in [0.2, 0.25) is 0 Å². The van der Waals surface area contributed by atoms with Gasteiger partial charge in [-0.3, -0.25) is 4.79 Å². The van der Waals surface area contributed by atoms with E-state index in [1.54, 1.807) is 12.1 Å². The highest BCUT2D eigenvalue weighted by Gasteiger charge is 2.15. The molecule has 0 aromatic heterocycles. The van der Waals surface area contributed by atoms with Crippen LogP contribution in [-0.2, 0) is 11.2 Å². The van der Waals surface area contributed by atoms with Gasteiger partial charge in [0.15, 0.2) is 17.7 Å². The van der Waals surface area contributed by atoms with Crippen LogP contribution in [0.25, 0.3) is 0 Å². The first-order chi connectivity index (χ1) is 11.9. The lowest BCUT2D eigenvalue weighted by atomic mass is 10.1. The van der Waals surface area contributed by atoms with Crippen LogP contribution in [0.15, 0.2) is 42.5 Å². The molecule has 0 heterocycles. The minimum Gasteiger partial charge on any atom is -0.481 e. The number of nitrogens with one attached hydrogen (secondary N) is 1. The van der Waals surface area contributed by atoms with E-state index < -0.39 is 29.6 Å². The lowest BCUT2D eigenvalue weighted by Gasteiger charge is -2.15. The molecule has 2 rings (SSSR count). The van der Waals surface area contributed by atoms with Gasteiger partial charge in [-0.05, 0) is 43.2 Å². The van der Waals surface area contributed by atoms with Crippen molar-refractivity contribution >= 4 is 11.9 Å². The lowest BCUT2D eigenvalue weighted by Crippen LogP contribution is -2.37. The molecule has 0 fully saturated rings. The molecule has 0 saturated carbocycles. The number of aromatic carboxylic acids is 1. The molecule has 0 bridgehead atoms. The van der Waals surface area contributed by atoms with Gasteiger partial charge in [-0.2, -0.15) is 0 Å².